The van der Waals surface area contributed by atoms with Crippen LogP contribution < -0.4 is 20.1 Å². The molecule has 1 atom stereocenters. The monoisotopic (exact) mass is 393 g/mol. The molecule has 0 amide bonds. The van der Waals surface area contributed by atoms with E-state index in [1.165, 1.54) is 0 Å². The maximum atomic E-state index is 11.4. The Labute approximate surface area is 168 Å². The Bertz CT molecular complexity index is 620. The number of carbonyl (C=O) groups excluding carboxylic acids is 1. The smallest absolute Gasteiger partial charge is 0.305 e. The zero-order valence-corrected chi connectivity index (χ0v) is 17.8. The third kappa shape index (κ3) is 8.50. The number of nitrogens with one attached hydrogen (secondary N) is 2. The Morgan fingerprint density at radius 3 is 2.43 bits per heavy atom. The molecular formula is C21H35N3O4. The first-order valence-corrected chi connectivity index (χ1v) is 10.2. The SMILES string of the molecule is CCNC(=NCCCC(=O)OCC)NC(C)c1ccc(OCC)c(OCC)c1. The number of hydrogen-bond donors (Lipinski definition) is 2. The standard InChI is InChI=1S/C21H35N3O4/c1-6-22-21(23-14-10-11-20(25)28-9-4)24-16(5)17-12-13-18(26-7-2)19(15-17)27-8-3/h12-13,15-16H,6-11,14H2,1-5H3,(H2,22,23,24). The number of esters is 1. The van der Waals surface area contributed by atoms with Crippen molar-refractivity contribution in [3.8, 4) is 11.5 Å². The van der Waals surface area contributed by atoms with Gasteiger partial charge >= 0.3 is 5.97 Å². The number of carbonyl (C=O) groups is 1. The van der Waals surface area contributed by atoms with Crippen LogP contribution in [0.25, 0.3) is 0 Å². The molecule has 0 aromatic heterocycles. The number of ether oxygens (including phenoxy) is 3. The molecule has 2 N–H and O–H groups in total. The highest BCUT2D eigenvalue weighted by Crippen LogP contribution is 2.30. The molecule has 1 rings (SSSR count). The second kappa shape index (κ2) is 13.7. The molecule has 0 aliphatic heterocycles. The van der Waals surface area contributed by atoms with E-state index in [1.807, 2.05) is 45.9 Å². The lowest BCUT2D eigenvalue weighted by Crippen LogP contribution is -2.38. The molecule has 0 bridgehead atoms. The van der Waals surface area contributed by atoms with E-state index in [2.05, 4.69) is 22.5 Å². The second-order valence-electron chi connectivity index (χ2n) is 6.11. The summed E-state index contributed by atoms with van der Waals surface area (Å²) in [6, 6.07) is 5.98. The lowest BCUT2D eigenvalue weighted by molar-refractivity contribution is -0.143. The van der Waals surface area contributed by atoms with Crippen molar-refractivity contribution in [1.82, 2.24) is 10.6 Å². The van der Waals surface area contributed by atoms with Crippen LogP contribution in [0.5, 0.6) is 11.5 Å². The van der Waals surface area contributed by atoms with Gasteiger partial charge in [-0.25, -0.2) is 0 Å². The maximum Gasteiger partial charge on any atom is 0.305 e. The van der Waals surface area contributed by atoms with Crippen molar-refractivity contribution < 1.29 is 19.0 Å². The van der Waals surface area contributed by atoms with Gasteiger partial charge in [-0.1, -0.05) is 6.07 Å². The van der Waals surface area contributed by atoms with Crippen molar-refractivity contribution in [2.45, 2.75) is 53.5 Å². The summed E-state index contributed by atoms with van der Waals surface area (Å²) in [5.74, 6) is 2.03. The minimum Gasteiger partial charge on any atom is -0.490 e. The van der Waals surface area contributed by atoms with Crippen LogP contribution in [-0.4, -0.2) is 44.8 Å². The molecule has 7 nitrogen and oxygen atoms in total. The summed E-state index contributed by atoms with van der Waals surface area (Å²) in [6.45, 7) is 12.7. The number of guanidine groups is 1. The normalized spacial score (nSPS) is 12.2. The summed E-state index contributed by atoms with van der Waals surface area (Å²) in [4.78, 5) is 16.0. The first kappa shape index (κ1) is 23.6. The predicted octanol–water partition coefficient (Wildman–Crippen LogP) is 3.44. The average Bonchev–Trinajstić information content (AvgIpc) is 2.67. The van der Waals surface area contributed by atoms with Gasteiger partial charge in [0, 0.05) is 19.5 Å². The third-order valence-electron chi connectivity index (χ3n) is 3.88. The molecule has 0 saturated heterocycles. The van der Waals surface area contributed by atoms with Crippen LogP contribution in [0.1, 0.15) is 59.1 Å². The van der Waals surface area contributed by atoms with Crippen molar-refractivity contribution in [2.24, 2.45) is 4.99 Å². The molecule has 1 aromatic carbocycles. The fourth-order valence-corrected chi connectivity index (χ4v) is 2.59. The Balaban J connectivity index is 2.74. The average molecular weight is 394 g/mol. The summed E-state index contributed by atoms with van der Waals surface area (Å²) in [5, 5.41) is 6.63. The summed E-state index contributed by atoms with van der Waals surface area (Å²) >= 11 is 0. The Hall–Kier alpha value is -2.44. The van der Waals surface area contributed by atoms with Crippen LogP contribution in [0, 0.1) is 0 Å². The fourth-order valence-electron chi connectivity index (χ4n) is 2.59. The molecule has 0 heterocycles. The van der Waals surface area contributed by atoms with Gasteiger partial charge in [0.25, 0.3) is 0 Å². The van der Waals surface area contributed by atoms with Crippen molar-refractivity contribution in [1.29, 1.82) is 0 Å². The highest BCUT2D eigenvalue weighted by molar-refractivity contribution is 5.80. The van der Waals surface area contributed by atoms with Gasteiger partial charge in [0.15, 0.2) is 17.5 Å². The number of aliphatic imine (C=N–C) groups is 1. The number of benzene rings is 1. The molecule has 7 heteroatoms. The second-order valence-corrected chi connectivity index (χ2v) is 6.11. The lowest BCUT2D eigenvalue weighted by Gasteiger charge is -2.20. The van der Waals surface area contributed by atoms with Crippen LogP contribution in [0.15, 0.2) is 23.2 Å². The first-order valence-electron chi connectivity index (χ1n) is 10.2. The van der Waals surface area contributed by atoms with Crippen molar-refractivity contribution in [3.63, 3.8) is 0 Å². The Morgan fingerprint density at radius 1 is 1.07 bits per heavy atom. The van der Waals surface area contributed by atoms with E-state index in [0.29, 0.717) is 45.2 Å². The molecule has 1 unspecified atom stereocenters. The van der Waals surface area contributed by atoms with E-state index in [1.54, 1.807) is 0 Å². The van der Waals surface area contributed by atoms with E-state index in [9.17, 15) is 4.79 Å². The molecule has 0 radical (unpaired) electrons. The van der Waals surface area contributed by atoms with Crippen molar-refractivity contribution in [3.05, 3.63) is 23.8 Å². The Kier molecular flexibility index (Phi) is 11.5. The van der Waals surface area contributed by atoms with Gasteiger partial charge in [-0.3, -0.25) is 9.79 Å². The van der Waals surface area contributed by atoms with Gasteiger partial charge in [-0.2, -0.15) is 0 Å². The van der Waals surface area contributed by atoms with Crippen LogP contribution >= 0.6 is 0 Å². The quantitative estimate of drug-likeness (QED) is 0.245. The Morgan fingerprint density at radius 2 is 1.79 bits per heavy atom. The van der Waals surface area contributed by atoms with Crippen LogP contribution in [-0.2, 0) is 9.53 Å². The first-order chi connectivity index (χ1) is 13.5. The molecule has 0 spiro atoms. The summed E-state index contributed by atoms with van der Waals surface area (Å²) in [7, 11) is 0. The number of nitrogens with zero attached hydrogens (tertiary/aromatic N) is 1. The third-order valence-corrected chi connectivity index (χ3v) is 3.88. The molecule has 0 fully saturated rings. The molecule has 158 valence electrons. The maximum absolute atomic E-state index is 11.4. The number of rotatable bonds is 12. The van der Waals surface area contributed by atoms with Gasteiger partial charge < -0.3 is 24.8 Å². The molecule has 0 aliphatic carbocycles. The molecule has 0 saturated carbocycles. The van der Waals surface area contributed by atoms with E-state index in [-0.39, 0.29) is 12.0 Å². The van der Waals surface area contributed by atoms with Gasteiger partial charge in [-0.15, -0.1) is 0 Å². The van der Waals surface area contributed by atoms with Gasteiger partial charge in [0.2, 0.25) is 0 Å². The summed E-state index contributed by atoms with van der Waals surface area (Å²) in [5.41, 5.74) is 1.07. The highest BCUT2D eigenvalue weighted by atomic mass is 16.5. The van der Waals surface area contributed by atoms with Crippen molar-refractivity contribution in [2.75, 3.05) is 32.9 Å². The zero-order valence-electron chi connectivity index (χ0n) is 17.8. The minimum atomic E-state index is -0.179. The molecule has 28 heavy (non-hydrogen) atoms. The van der Waals surface area contributed by atoms with Crippen molar-refractivity contribution >= 4 is 11.9 Å². The molecular weight excluding hydrogens is 358 g/mol. The van der Waals surface area contributed by atoms with Gasteiger partial charge in [0.05, 0.1) is 25.9 Å². The van der Waals surface area contributed by atoms with E-state index >= 15 is 0 Å². The van der Waals surface area contributed by atoms with Crippen LogP contribution in [0.2, 0.25) is 0 Å². The number of hydrogen-bond acceptors (Lipinski definition) is 5. The van der Waals surface area contributed by atoms with Crippen LogP contribution in [0.4, 0.5) is 0 Å². The van der Waals surface area contributed by atoms with Gasteiger partial charge in [0.1, 0.15) is 0 Å². The van der Waals surface area contributed by atoms with E-state index in [0.717, 1.165) is 23.6 Å². The summed E-state index contributed by atoms with van der Waals surface area (Å²) in [6.07, 6.45) is 1.03. The van der Waals surface area contributed by atoms with Crippen LogP contribution in [0.3, 0.4) is 0 Å². The predicted molar refractivity (Wildman–Crippen MR) is 112 cm³/mol. The zero-order chi connectivity index (χ0) is 20.8. The highest BCUT2D eigenvalue weighted by Gasteiger charge is 2.12. The largest absolute Gasteiger partial charge is 0.490 e. The topological polar surface area (TPSA) is 81.2 Å². The van der Waals surface area contributed by atoms with Gasteiger partial charge in [-0.05, 0) is 58.7 Å². The summed E-state index contributed by atoms with van der Waals surface area (Å²) < 4.78 is 16.3. The molecule has 0 aliphatic rings. The minimum absolute atomic E-state index is 0.0257. The molecule has 1 aromatic rings. The fraction of sp³-hybridized carbons (Fsp3) is 0.619. The van der Waals surface area contributed by atoms with E-state index < -0.39 is 0 Å². The lowest BCUT2D eigenvalue weighted by atomic mass is 10.1. The van der Waals surface area contributed by atoms with E-state index in [4.69, 9.17) is 14.2 Å².